The first-order valence-corrected chi connectivity index (χ1v) is 5.24. The van der Waals surface area contributed by atoms with Crippen LogP contribution in [0.3, 0.4) is 0 Å². The number of rotatable bonds is 4. The fourth-order valence-corrected chi connectivity index (χ4v) is 1.48. The average Bonchev–Trinajstić information content (AvgIpc) is 2.25. The van der Waals surface area contributed by atoms with Gasteiger partial charge in [0, 0.05) is 24.9 Å². The average molecular weight is 201 g/mol. The van der Waals surface area contributed by atoms with Gasteiger partial charge in [-0.1, -0.05) is 43.0 Å². The summed E-state index contributed by atoms with van der Waals surface area (Å²) in [6, 6.07) is 8.34. The van der Waals surface area contributed by atoms with E-state index >= 15 is 0 Å². The molecule has 0 aromatic heterocycles. The van der Waals surface area contributed by atoms with E-state index in [-0.39, 0.29) is 0 Å². The molecule has 1 rings (SSSR count). The van der Waals surface area contributed by atoms with Gasteiger partial charge >= 0.3 is 0 Å². The fourth-order valence-electron chi connectivity index (χ4n) is 1.48. The Morgan fingerprint density at radius 1 is 1.40 bits per heavy atom. The maximum absolute atomic E-state index is 4.13. The Morgan fingerprint density at radius 3 is 2.67 bits per heavy atom. The first-order valence-electron chi connectivity index (χ1n) is 5.24. The van der Waals surface area contributed by atoms with Crippen LogP contribution in [0.1, 0.15) is 18.1 Å². The Hall–Kier alpha value is -1.50. The van der Waals surface area contributed by atoms with E-state index in [0.717, 1.165) is 12.2 Å². The summed E-state index contributed by atoms with van der Waals surface area (Å²) in [7, 11) is 2.06. The standard InChI is InChI=1S/C14H19N/c1-5-6-11-15(4)13(3)14-10-8-7-9-12(14)2/h5-10H,3,11H2,1-2,4H3/b6-5-. The van der Waals surface area contributed by atoms with Gasteiger partial charge in [-0.2, -0.15) is 0 Å². The Balaban J connectivity index is 2.80. The highest BCUT2D eigenvalue weighted by molar-refractivity contribution is 5.64. The van der Waals surface area contributed by atoms with Crippen molar-refractivity contribution in [2.45, 2.75) is 13.8 Å². The van der Waals surface area contributed by atoms with Crippen molar-refractivity contribution in [1.82, 2.24) is 4.90 Å². The first-order chi connectivity index (χ1) is 7.16. The number of benzene rings is 1. The molecule has 1 aromatic carbocycles. The van der Waals surface area contributed by atoms with Crippen LogP contribution in [0.15, 0.2) is 43.0 Å². The maximum atomic E-state index is 4.13. The molecule has 0 amide bonds. The van der Waals surface area contributed by atoms with E-state index in [1.807, 2.05) is 6.92 Å². The normalized spacial score (nSPS) is 10.6. The van der Waals surface area contributed by atoms with Crippen molar-refractivity contribution in [3.8, 4) is 0 Å². The maximum Gasteiger partial charge on any atom is 0.0369 e. The zero-order chi connectivity index (χ0) is 11.3. The van der Waals surface area contributed by atoms with E-state index in [1.54, 1.807) is 0 Å². The van der Waals surface area contributed by atoms with Crippen LogP contribution in [0.5, 0.6) is 0 Å². The minimum atomic E-state index is 0.906. The summed E-state index contributed by atoms with van der Waals surface area (Å²) in [6.45, 7) is 9.18. The van der Waals surface area contributed by atoms with Crippen molar-refractivity contribution < 1.29 is 0 Å². The molecule has 0 aliphatic carbocycles. The largest absolute Gasteiger partial charge is 0.371 e. The van der Waals surface area contributed by atoms with Crippen molar-refractivity contribution in [2.75, 3.05) is 13.6 Å². The predicted molar refractivity (Wildman–Crippen MR) is 67.7 cm³/mol. The van der Waals surface area contributed by atoms with Crippen LogP contribution in [0, 0.1) is 6.92 Å². The third-order valence-electron chi connectivity index (χ3n) is 2.53. The van der Waals surface area contributed by atoms with E-state index in [2.05, 4.69) is 61.9 Å². The van der Waals surface area contributed by atoms with Gasteiger partial charge in [0.05, 0.1) is 0 Å². The van der Waals surface area contributed by atoms with Crippen molar-refractivity contribution >= 4 is 5.70 Å². The summed E-state index contributed by atoms with van der Waals surface area (Å²) in [4.78, 5) is 2.16. The second-order valence-electron chi connectivity index (χ2n) is 3.71. The molecule has 0 N–H and O–H groups in total. The highest BCUT2D eigenvalue weighted by Gasteiger charge is 2.05. The number of hydrogen-bond donors (Lipinski definition) is 0. The fraction of sp³-hybridized carbons (Fsp3) is 0.286. The molecule has 0 saturated carbocycles. The lowest BCUT2D eigenvalue weighted by atomic mass is 10.1. The SMILES string of the molecule is C=C(c1ccccc1C)N(C)C/C=C\C. The number of nitrogens with zero attached hydrogens (tertiary/aromatic N) is 1. The number of hydrogen-bond acceptors (Lipinski definition) is 1. The van der Waals surface area contributed by atoms with Gasteiger partial charge in [0.2, 0.25) is 0 Å². The summed E-state index contributed by atoms with van der Waals surface area (Å²) in [5.74, 6) is 0. The van der Waals surface area contributed by atoms with Crippen LogP contribution < -0.4 is 0 Å². The molecule has 1 heteroatoms. The van der Waals surface area contributed by atoms with Crippen LogP contribution in [-0.4, -0.2) is 18.5 Å². The van der Waals surface area contributed by atoms with Crippen molar-refractivity contribution in [3.63, 3.8) is 0 Å². The molecule has 1 aromatic rings. The molecule has 80 valence electrons. The molecule has 0 bridgehead atoms. The third-order valence-corrected chi connectivity index (χ3v) is 2.53. The Morgan fingerprint density at radius 2 is 2.07 bits per heavy atom. The van der Waals surface area contributed by atoms with Crippen LogP contribution >= 0.6 is 0 Å². The number of allylic oxidation sites excluding steroid dienone is 1. The van der Waals surface area contributed by atoms with E-state index in [9.17, 15) is 0 Å². The Kier molecular flexibility index (Phi) is 4.17. The third kappa shape index (κ3) is 2.98. The predicted octanol–water partition coefficient (Wildman–Crippen LogP) is 3.47. The van der Waals surface area contributed by atoms with E-state index < -0.39 is 0 Å². The van der Waals surface area contributed by atoms with Gasteiger partial charge in [-0.15, -0.1) is 0 Å². The Labute approximate surface area is 92.7 Å². The summed E-state index contributed by atoms with van der Waals surface area (Å²) in [5, 5.41) is 0. The lowest BCUT2D eigenvalue weighted by Gasteiger charge is -2.21. The molecule has 0 aliphatic heterocycles. The molecule has 0 heterocycles. The molecular weight excluding hydrogens is 182 g/mol. The molecule has 0 aliphatic rings. The second kappa shape index (κ2) is 5.40. The molecule has 0 fully saturated rings. The van der Waals surface area contributed by atoms with Crippen LogP contribution in [0.2, 0.25) is 0 Å². The van der Waals surface area contributed by atoms with Crippen molar-refractivity contribution in [2.24, 2.45) is 0 Å². The van der Waals surface area contributed by atoms with Gasteiger partial charge in [0.25, 0.3) is 0 Å². The molecule has 15 heavy (non-hydrogen) atoms. The molecule has 0 spiro atoms. The zero-order valence-corrected chi connectivity index (χ0v) is 9.83. The van der Waals surface area contributed by atoms with Crippen molar-refractivity contribution in [1.29, 1.82) is 0 Å². The highest BCUT2D eigenvalue weighted by atomic mass is 15.1. The van der Waals surface area contributed by atoms with Crippen molar-refractivity contribution in [3.05, 3.63) is 54.1 Å². The summed E-state index contributed by atoms with van der Waals surface area (Å²) in [5.41, 5.74) is 3.57. The number of aryl methyl sites for hydroxylation is 1. The molecule has 0 saturated heterocycles. The smallest absolute Gasteiger partial charge is 0.0369 e. The first kappa shape index (κ1) is 11.6. The number of likely N-dealkylation sites (N-methyl/N-ethyl adjacent to an activating group) is 1. The molecule has 0 atom stereocenters. The van der Waals surface area contributed by atoms with Gasteiger partial charge in [-0.25, -0.2) is 0 Å². The summed E-state index contributed by atoms with van der Waals surface area (Å²) in [6.07, 6.45) is 4.19. The van der Waals surface area contributed by atoms with Gasteiger partial charge < -0.3 is 4.90 Å². The monoisotopic (exact) mass is 201 g/mol. The van der Waals surface area contributed by atoms with Gasteiger partial charge in [-0.05, 0) is 19.4 Å². The molecular formula is C14H19N. The van der Waals surface area contributed by atoms with E-state index in [4.69, 9.17) is 0 Å². The quantitative estimate of drug-likeness (QED) is 0.674. The lowest BCUT2D eigenvalue weighted by molar-refractivity contribution is 0.536. The van der Waals surface area contributed by atoms with E-state index in [0.29, 0.717) is 0 Å². The second-order valence-corrected chi connectivity index (χ2v) is 3.71. The van der Waals surface area contributed by atoms with Crippen LogP contribution in [0.4, 0.5) is 0 Å². The zero-order valence-electron chi connectivity index (χ0n) is 9.83. The molecule has 1 nitrogen and oxygen atoms in total. The van der Waals surface area contributed by atoms with E-state index in [1.165, 1.54) is 11.1 Å². The molecule has 0 radical (unpaired) electrons. The van der Waals surface area contributed by atoms with Crippen LogP contribution in [-0.2, 0) is 0 Å². The minimum absolute atomic E-state index is 0.906. The topological polar surface area (TPSA) is 3.24 Å². The van der Waals surface area contributed by atoms with Gasteiger partial charge in [0.15, 0.2) is 0 Å². The molecule has 0 unspecified atom stereocenters. The van der Waals surface area contributed by atoms with Crippen LogP contribution in [0.25, 0.3) is 5.70 Å². The summed E-state index contributed by atoms with van der Waals surface area (Å²) >= 11 is 0. The lowest BCUT2D eigenvalue weighted by Crippen LogP contribution is -2.16. The Bertz CT molecular complexity index is 363. The minimum Gasteiger partial charge on any atom is -0.371 e. The summed E-state index contributed by atoms with van der Waals surface area (Å²) < 4.78 is 0. The van der Waals surface area contributed by atoms with Gasteiger partial charge in [-0.3, -0.25) is 0 Å². The van der Waals surface area contributed by atoms with Gasteiger partial charge in [0.1, 0.15) is 0 Å². The highest BCUT2D eigenvalue weighted by Crippen LogP contribution is 2.19.